The van der Waals surface area contributed by atoms with Crippen LogP contribution in [0.15, 0.2) is 18.2 Å². The molecule has 0 bridgehead atoms. The van der Waals surface area contributed by atoms with Gasteiger partial charge in [-0.15, -0.1) is 0 Å². The summed E-state index contributed by atoms with van der Waals surface area (Å²) >= 11 is 11.7. The summed E-state index contributed by atoms with van der Waals surface area (Å²) in [6.45, 7) is 4.40. The zero-order chi connectivity index (χ0) is 12.8. The molecule has 0 heterocycles. The summed E-state index contributed by atoms with van der Waals surface area (Å²) in [6.07, 6.45) is 0.903. The van der Waals surface area contributed by atoms with E-state index in [1.807, 2.05) is 19.9 Å². The van der Waals surface area contributed by atoms with Crippen molar-refractivity contribution >= 4 is 29.2 Å². The largest absolute Gasteiger partial charge is 0.336 e. The lowest BCUT2D eigenvalue weighted by atomic mass is 10.2. The molecule has 17 heavy (non-hydrogen) atoms. The molecule has 0 fully saturated rings. The van der Waals surface area contributed by atoms with Crippen molar-refractivity contribution in [2.75, 3.05) is 0 Å². The number of halogens is 2. The Balaban J connectivity index is 2.45. The van der Waals surface area contributed by atoms with Crippen molar-refractivity contribution in [1.29, 1.82) is 0 Å². The molecule has 2 N–H and O–H groups in total. The van der Waals surface area contributed by atoms with Crippen molar-refractivity contribution < 1.29 is 4.79 Å². The van der Waals surface area contributed by atoms with Crippen LogP contribution in [0.2, 0.25) is 10.0 Å². The van der Waals surface area contributed by atoms with Gasteiger partial charge in [-0.3, -0.25) is 0 Å². The Morgan fingerprint density at radius 3 is 2.65 bits per heavy atom. The van der Waals surface area contributed by atoms with E-state index in [0.29, 0.717) is 16.6 Å². The van der Waals surface area contributed by atoms with Gasteiger partial charge in [-0.25, -0.2) is 4.79 Å². The normalized spacial score (nSPS) is 12.0. The third-order valence-electron chi connectivity index (χ3n) is 2.43. The molecule has 3 nitrogen and oxygen atoms in total. The van der Waals surface area contributed by atoms with Crippen molar-refractivity contribution in [2.45, 2.75) is 32.9 Å². The highest BCUT2D eigenvalue weighted by atomic mass is 35.5. The topological polar surface area (TPSA) is 41.1 Å². The number of carbonyl (C=O) groups is 1. The first-order chi connectivity index (χ1) is 8.02. The molecule has 1 aromatic rings. The molecule has 0 aromatic heterocycles. The molecule has 1 aromatic carbocycles. The van der Waals surface area contributed by atoms with Crippen molar-refractivity contribution in [1.82, 2.24) is 10.6 Å². The minimum Gasteiger partial charge on any atom is -0.336 e. The average Bonchev–Trinajstić information content (AvgIpc) is 2.30. The van der Waals surface area contributed by atoms with E-state index in [1.165, 1.54) is 0 Å². The predicted molar refractivity (Wildman–Crippen MR) is 71.6 cm³/mol. The fourth-order valence-electron chi connectivity index (χ4n) is 1.21. The Morgan fingerprint density at radius 1 is 1.35 bits per heavy atom. The second kappa shape index (κ2) is 6.72. The SMILES string of the molecule is CC[C@H](C)NC(=O)NCc1ccc(Cl)c(Cl)c1. The highest BCUT2D eigenvalue weighted by Gasteiger charge is 2.05. The molecule has 0 aliphatic rings. The summed E-state index contributed by atoms with van der Waals surface area (Å²) in [5.41, 5.74) is 0.915. The summed E-state index contributed by atoms with van der Waals surface area (Å²) in [5.74, 6) is 0. The monoisotopic (exact) mass is 274 g/mol. The van der Waals surface area contributed by atoms with Crippen molar-refractivity contribution in [2.24, 2.45) is 0 Å². The molecule has 1 atom stereocenters. The molecule has 0 aliphatic carbocycles. The molecule has 0 spiro atoms. The smallest absolute Gasteiger partial charge is 0.315 e. The maximum Gasteiger partial charge on any atom is 0.315 e. The van der Waals surface area contributed by atoms with Crippen LogP contribution < -0.4 is 10.6 Å². The van der Waals surface area contributed by atoms with E-state index < -0.39 is 0 Å². The number of urea groups is 1. The van der Waals surface area contributed by atoms with Crippen LogP contribution in [0.3, 0.4) is 0 Å². The van der Waals surface area contributed by atoms with Gasteiger partial charge in [0.2, 0.25) is 0 Å². The van der Waals surface area contributed by atoms with Crippen molar-refractivity contribution in [3.63, 3.8) is 0 Å². The highest BCUT2D eigenvalue weighted by molar-refractivity contribution is 6.42. The van der Waals surface area contributed by atoms with Gasteiger partial charge in [0.15, 0.2) is 0 Å². The van der Waals surface area contributed by atoms with Crippen molar-refractivity contribution in [3.05, 3.63) is 33.8 Å². The average molecular weight is 275 g/mol. The maximum atomic E-state index is 11.5. The quantitative estimate of drug-likeness (QED) is 0.866. The first-order valence-corrected chi connectivity index (χ1v) is 6.26. The van der Waals surface area contributed by atoms with E-state index in [2.05, 4.69) is 10.6 Å². The minimum atomic E-state index is -0.176. The van der Waals surface area contributed by atoms with Gasteiger partial charge in [0.1, 0.15) is 0 Å². The predicted octanol–water partition coefficient (Wildman–Crippen LogP) is 3.59. The third kappa shape index (κ3) is 4.84. The lowest BCUT2D eigenvalue weighted by molar-refractivity contribution is 0.237. The standard InChI is InChI=1S/C12H16Cl2N2O/c1-3-8(2)16-12(17)15-7-9-4-5-10(13)11(14)6-9/h4-6,8H,3,7H2,1-2H3,(H2,15,16,17)/t8-/m0/s1. The summed E-state index contributed by atoms with van der Waals surface area (Å²) in [5, 5.41) is 6.58. The van der Waals surface area contributed by atoms with Gasteiger partial charge in [0, 0.05) is 12.6 Å². The first-order valence-electron chi connectivity index (χ1n) is 5.51. The first kappa shape index (κ1) is 14.1. The molecule has 0 unspecified atom stereocenters. The van der Waals surface area contributed by atoms with E-state index >= 15 is 0 Å². The van der Waals surface area contributed by atoms with Gasteiger partial charge in [-0.1, -0.05) is 36.2 Å². The summed E-state index contributed by atoms with van der Waals surface area (Å²) in [7, 11) is 0. The molecule has 0 saturated heterocycles. The second-order valence-corrected chi connectivity index (χ2v) is 4.70. The molecule has 5 heteroatoms. The van der Waals surface area contributed by atoms with Crippen LogP contribution >= 0.6 is 23.2 Å². The van der Waals surface area contributed by atoms with Gasteiger partial charge in [-0.2, -0.15) is 0 Å². The van der Waals surface area contributed by atoms with Gasteiger partial charge in [0.25, 0.3) is 0 Å². The molecular weight excluding hydrogens is 259 g/mol. The van der Waals surface area contributed by atoms with Crippen LogP contribution in [-0.2, 0) is 6.54 Å². The molecule has 2 amide bonds. The van der Waals surface area contributed by atoms with Crippen LogP contribution in [0.5, 0.6) is 0 Å². The number of hydrogen-bond acceptors (Lipinski definition) is 1. The third-order valence-corrected chi connectivity index (χ3v) is 3.17. The summed E-state index contributed by atoms with van der Waals surface area (Å²) in [6, 6.07) is 5.28. The Morgan fingerprint density at radius 2 is 2.06 bits per heavy atom. The number of rotatable bonds is 4. The lowest BCUT2D eigenvalue weighted by Gasteiger charge is -2.12. The summed E-state index contributed by atoms with van der Waals surface area (Å²) < 4.78 is 0. The van der Waals surface area contributed by atoms with Gasteiger partial charge in [0.05, 0.1) is 10.0 Å². The van der Waals surface area contributed by atoms with E-state index in [0.717, 1.165) is 12.0 Å². The van der Waals surface area contributed by atoms with E-state index in [4.69, 9.17) is 23.2 Å². The van der Waals surface area contributed by atoms with E-state index in [1.54, 1.807) is 12.1 Å². The van der Waals surface area contributed by atoms with Gasteiger partial charge < -0.3 is 10.6 Å². The molecule has 0 aliphatic heterocycles. The lowest BCUT2D eigenvalue weighted by Crippen LogP contribution is -2.40. The van der Waals surface area contributed by atoms with E-state index in [-0.39, 0.29) is 12.1 Å². The van der Waals surface area contributed by atoms with Crippen LogP contribution in [0, 0.1) is 0 Å². The van der Waals surface area contributed by atoms with Gasteiger partial charge >= 0.3 is 6.03 Å². The number of hydrogen-bond donors (Lipinski definition) is 2. The molecule has 1 rings (SSSR count). The number of nitrogens with one attached hydrogen (secondary N) is 2. The van der Waals surface area contributed by atoms with Gasteiger partial charge in [-0.05, 0) is 31.0 Å². The van der Waals surface area contributed by atoms with Crippen LogP contribution in [0.4, 0.5) is 4.79 Å². The minimum absolute atomic E-state index is 0.170. The zero-order valence-electron chi connectivity index (χ0n) is 9.89. The maximum absolute atomic E-state index is 11.5. The molecule has 0 radical (unpaired) electrons. The molecule has 94 valence electrons. The molecule has 0 saturated carbocycles. The Kier molecular flexibility index (Phi) is 5.59. The fraction of sp³-hybridized carbons (Fsp3) is 0.417. The second-order valence-electron chi connectivity index (χ2n) is 3.88. The number of benzene rings is 1. The van der Waals surface area contributed by atoms with Crippen molar-refractivity contribution in [3.8, 4) is 0 Å². The highest BCUT2D eigenvalue weighted by Crippen LogP contribution is 2.22. The fourth-order valence-corrected chi connectivity index (χ4v) is 1.53. The Labute approximate surface area is 111 Å². The Hall–Kier alpha value is -0.930. The molecular formula is C12H16Cl2N2O. The number of carbonyl (C=O) groups excluding carboxylic acids is 1. The van der Waals surface area contributed by atoms with E-state index in [9.17, 15) is 4.79 Å². The number of amides is 2. The van der Waals surface area contributed by atoms with Crippen LogP contribution in [0.1, 0.15) is 25.8 Å². The van der Waals surface area contributed by atoms with Crippen LogP contribution in [-0.4, -0.2) is 12.1 Å². The summed E-state index contributed by atoms with van der Waals surface area (Å²) in [4.78, 5) is 11.5. The Bertz CT molecular complexity index is 396. The van der Waals surface area contributed by atoms with Crippen LogP contribution in [0.25, 0.3) is 0 Å². The zero-order valence-corrected chi connectivity index (χ0v) is 11.4.